The van der Waals surface area contributed by atoms with Crippen molar-refractivity contribution in [1.82, 2.24) is 4.98 Å². The molecule has 0 radical (unpaired) electrons. The third-order valence-electron chi connectivity index (χ3n) is 4.03. The minimum Gasteiger partial charge on any atom is -0.497 e. The molecule has 1 atom stereocenters. The summed E-state index contributed by atoms with van der Waals surface area (Å²) < 4.78 is 15.3. The Kier molecular flexibility index (Phi) is 4.56. The van der Waals surface area contributed by atoms with Crippen molar-refractivity contribution < 1.29 is 23.8 Å². The Morgan fingerprint density at radius 1 is 1.28 bits per heavy atom. The lowest BCUT2D eigenvalue weighted by Gasteiger charge is -2.25. The van der Waals surface area contributed by atoms with Crippen LogP contribution in [0.25, 0.3) is 0 Å². The summed E-state index contributed by atoms with van der Waals surface area (Å²) in [7, 11) is 1.55. The van der Waals surface area contributed by atoms with E-state index in [0.717, 1.165) is 5.56 Å². The van der Waals surface area contributed by atoms with Crippen molar-refractivity contribution in [3.8, 4) is 11.5 Å². The Balaban J connectivity index is 2.13. The lowest BCUT2D eigenvalue weighted by Crippen LogP contribution is -2.30. The van der Waals surface area contributed by atoms with E-state index in [2.05, 4.69) is 4.98 Å². The van der Waals surface area contributed by atoms with Crippen LogP contribution in [0.1, 0.15) is 40.7 Å². The molecule has 0 spiro atoms. The number of nitrogens with one attached hydrogen (secondary N) is 1. The molecule has 3 rings (SSSR count). The van der Waals surface area contributed by atoms with Crippen LogP contribution >= 0.6 is 0 Å². The maximum atomic E-state index is 12.4. The van der Waals surface area contributed by atoms with Crippen LogP contribution in [-0.2, 0) is 9.53 Å². The average molecular weight is 343 g/mol. The monoisotopic (exact) mass is 343 g/mol. The van der Waals surface area contributed by atoms with Gasteiger partial charge in [-0.1, -0.05) is 12.1 Å². The number of benzene rings is 1. The molecule has 0 bridgehead atoms. The van der Waals surface area contributed by atoms with Crippen LogP contribution in [0.2, 0.25) is 0 Å². The molecule has 0 aliphatic carbocycles. The molecule has 25 heavy (non-hydrogen) atoms. The molecular weight excluding hydrogens is 326 g/mol. The fourth-order valence-corrected chi connectivity index (χ4v) is 2.86. The van der Waals surface area contributed by atoms with E-state index in [1.54, 1.807) is 38.3 Å². The van der Waals surface area contributed by atoms with E-state index in [-0.39, 0.29) is 29.9 Å². The van der Waals surface area contributed by atoms with Gasteiger partial charge in [-0.25, -0.2) is 4.79 Å². The van der Waals surface area contributed by atoms with E-state index in [9.17, 15) is 14.4 Å². The largest absolute Gasteiger partial charge is 0.497 e. The topological polar surface area (TPSA) is 94.7 Å². The van der Waals surface area contributed by atoms with Gasteiger partial charge < -0.3 is 19.2 Å². The molecule has 1 aromatic heterocycles. The van der Waals surface area contributed by atoms with Crippen molar-refractivity contribution in [3.63, 3.8) is 0 Å². The highest BCUT2D eigenvalue weighted by Gasteiger charge is 2.34. The third-order valence-corrected chi connectivity index (χ3v) is 4.03. The van der Waals surface area contributed by atoms with E-state index >= 15 is 0 Å². The van der Waals surface area contributed by atoms with Gasteiger partial charge in [0.25, 0.3) is 5.56 Å². The van der Waals surface area contributed by atoms with Gasteiger partial charge in [0, 0.05) is 12.1 Å². The van der Waals surface area contributed by atoms with Gasteiger partial charge in [-0.15, -0.1) is 0 Å². The van der Waals surface area contributed by atoms with Gasteiger partial charge in [0.2, 0.25) is 0 Å². The Morgan fingerprint density at radius 2 is 2.00 bits per heavy atom. The zero-order valence-corrected chi connectivity index (χ0v) is 13.8. The number of hydrogen-bond donors (Lipinski definition) is 1. The van der Waals surface area contributed by atoms with Gasteiger partial charge in [0.15, 0.2) is 5.75 Å². The highest BCUT2D eigenvalue weighted by Crippen LogP contribution is 2.38. The number of rotatable bonds is 4. The van der Waals surface area contributed by atoms with Crippen LogP contribution in [0.15, 0.2) is 35.3 Å². The van der Waals surface area contributed by atoms with Crippen molar-refractivity contribution >= 4 is 11.9 Å². The fourth-order valence-electron chi connectivity index (χ4n) is 2.86. The van der Waals surface area contributed by atoms with Crippen LogP contribution in [0, 0.1) is 0 Å². The summed E-state index contributed by atoms with van der Waals surface area (Å²) in [5.74, 6) is -1.04. The maximum absolute atomic E-state index is 12.4. The molecule has 7 nitrogen and oxygen atoms in total. The number of pyridine rings is 1. The summed E-state index contributed by atoms with van der Waals surface area (Å²) in [6.45, 7) is 1.84. The third kappa shape index (κ3) is 3.13. The highest BCUT2D eigenvalue weighted by atomic mass is 16.5. The summed E-state index contributed by atoms with van der Waals surface area (Å²) in [4.78, 5) is 39.1. The van der Waals surface area contributed by atoms with E-state index in [0.29, 0.717) is 5.75 Å². The van der Waals surface area contributed by atoms with Gasteiger partial charge in [0.1, 0.15) is 11.3 Å². The maximum Gasteiger partial charge on any atom is 0.343 e. The quantitative estimate of drug-likeness (QED) is 0.853. The van der Waals surface area contributed by atoms with Crippen LogP contribution < -0.4 is 15.0 Å². The zero-order chi connectivity index (χ0) is 18.0. The smallest absolute Gasteiger partial charge is 0.343 e. The summed E-state index contributed by atoms with van der Waals surface area (Å²) in [6.07, 6.45) is 1.22. The first-order valence-electron chi connectivity index (χ1n) is 7.82. The molecule has 0 amide bonds. The standard InChI is InChI=1S/C18H17NO6/c1-3-24-18(22)13-9-19-17(21)15-12(8-14(20)25-16(13)15)10-4-6-11(23-2)7-5-10/h4-7,9,12H,3,8H2,1-2H3,(H,19,21). The first-order valence-corrected chi connectivity index (χ1v) is 7.82. The van der Waals surface area contributed by atoms with Crippen LogP contribution in [0.5, 0.6) is 11.5 Å². The molecule has 1 aromatic carbocycles. The lowest BCUT2D eigenvalue weighted by molar-refractivity contribution is -0.135. The lowest BCUT2D eigenvalue weighted by atomic mass is 9.86. The molecule has 130 valence electrons. The van der Waals surface area contributed by atoms with Crippen LogP contribution in [-0.4, -0.2) is 30.6 Å². The Morgan fingerprint density at radius 3 is 2.64 bits per heavy atom. The number of aromatic amines is 1. The average Bonchev–Trinajstić information content (AvgIpc) is 2.61. The predicted octanol–water partition coefficient (Wildman–Crippen LogP) is 2.00. The number of hydrogen-bond acceptors (Lipinski definition) is 6. The molecule has 0 fully saturated rings. The fraction of sp³-hybridized carbons (Fsp3) is 0.278. The SMILES string of the molecule is CCOC(=O)c1c[nH]c(=O)c2c1OC(=O)CC2c1ccc(OC)cc1. The summed E-state index contributed by atoms with van der Waals surface area (Å²) >= 11 is 0. The van der Waals surface area contributed by atoms with Gasteiger partial charge in [-0.3, -0.25) is 9.59 Å². The summed E-state index contributed by atoms with van der Waals surface area (Å²) in [6, 6.07) is 7.06. The zero-order valence-electron chi connectivity index (χ0n) is 13.8. The minimum atomic E-state index is -0.654. The number of H-pyrrole nitrogens is 1. The van der Waals surface area contributed by atoms with E-state index < -0.39 is 23.4 Å². The molecule has 2 aromatic rings. The second-order valence-electron chi connectivity index (χ2n) is 5.50. The highest BCUT2D eigenvalue weighted by molar-refractivity contribution is 5.94. The van der Waals surface area contributed by atoms with Crippen LogP contribution in [0.4, 0.5) is 0 Å². The number of carbonyl (C=O) groups excluding carboxylic acids is 2. The molecular formula is C18H17NO6. The van der Waals surface area contributed by atoms with E-state index in [4.69, 9.17) is 14.2 Å². The second kappa shape index (κ2) is 6.80. The second-order valence-corrected chi connectivity index (χ2v) is 5.50. The van der Waals surface area contributed by atoms with Crippen molar-refractivity contribution in [2.45, 2.75) is 19.3 Å². The number of aromatic nitrogens is 1. The normalized spacial score (nSPS) is 15.9. The van der Waals surface area contributed by atoms with E-state index in [1.807, 2.05) is 0 Å². The number of fused-ring (bicyclic) bond motifs is 1. The molecule has 0 saturated heterocycles. The van der Waals surface area contributed by atoms with Crippen LogP contribution in [0.3, 0.4) is 0 Å². The van der Waals surface area contributed by atoms with Gasteiger partial charge in [-0.2, -0.15) is 0 Å². The number of esters is 2. The Bertz CT molecular complexity index is 868. The van der Waals surface area contributed by atoms with Crippen molar-refractivity contribution in [2.24, 2.45) is 0 Å². The van der Waals surface area contributed by atoms with Gasteiger partial charge in [0.05, 0.1) is 25.7 Å². The molecule has 1 unspecified atom stereocenters. The number of ether oxygens (including phenoxy) is 3. The molecule has 7 heteroatoms. The van der Waals surface area contributed by atoms with Gasteiger partial charge >= 0.3 is 11.9 Å². The minimum absolute atomic E-state index is 0.00862. The summed E-state index contributed by atoms with van der Waals surface area (Å²) in [5, 5.41) is 0. The number of carbonyl (C=O) groups is 2. The Hall–Kier alpha value is -3.09. The van der Waals surface area contributed by atoms with Gasteiger partial charge in [-0.05, 0) is 24.6 Å². The first kappa shape index (κ1) is 16.8. The van der Waals surface area contributed by atoms with E-state index in [1.165, 1.54) is 6.20 Å². The number of methoxy groups -OCH3 is 1. The van der Waals surface area contributed by atoms with Crippen molar-refractivity contribution in [2.75, 3.05) is 13.7 Å². The molecule has 1 aliphatic heterocycles. The molecule has 1 N–H and O–H groups in total. The van der Waals surface area contributed by atoms with Crippen molar-refractivity contribution in [3.05, 3.63) is 57.5 Å². The first-order chi connectivity index (χ1) is 12.0. The molecule has 0 saturated carbocycles. The molecule has 1 aliphatic rings. The predicted molar refractivity (Wildman–Crippen MR) is 88.1 cm³/mol. The summed E-state index contributed by atoms with van der Waals surface area (Å²) in [5.41, 5.74) is 0.625. The molecule has 2 heterocycles. The van der Waals surface area contributed by atoms with Crippen molar-refractivity contribution in [1.29, 1.82) is 0 Å². The Labute approximate surface area is 143 Å².